The molecule has 1 fully saturated rings. The SMILES string of the molecule is CCN(CCCc1ccc(C2CCCC2F)cc1)CCc1ccccc1. The molecule has 1 nitrogen and oxygen atoms in total. The van der Waals surface area contributed by atoms with Crippen molar-refractivity contribution in [3.63, 3.8) is 0 Å². The van der Waals surface area contributed by atoms with E-state index >= 15 is 0 Å². The van der Waals surface area contributed by atoms with Crippen molar-refractivity contribution >= 4 is 0 Å². The summed E-state index contributed by atoms with van der Waals surface area (Å²) in [7, 11) is 0. The van der Waals surface area contributed by atoms with E-state index in [-0.39, 0.29) is 5.92 Å². The highest BCUT2D eigenvalue weighted by Crippen LogP contribution is 2.36. The van der Waals surface area contributed by atoms with E-state index in [1.807, 2.05) is 0 Å². The number of nitrogens with zero attached hydrogens (tertiary/aromatic N) is 1. The van der Waals surface area contributed by atoms with E-state index in [2.05, 4.69) is 66.4 Å². The van der Waals surface area contributed by atoms with Crippen molar-refractivity contribution in [3.8, 4) is 0 Å². The minimum absolute atomic E-state index is 0.137. The zero-order valence-electron chi connectivity index (χ0n) is 16.0. The van der Waals surface area contributed by atoms with Crippen molar-refractivity contribution in [2.24, 2.45) is 0 Å². The molecule has 26 heavy (non-hydrogen) atoms. The van der Waals surface area contributed by atoms with Gasteiger partial charge in [0.25, 0.3) is 0 Å². The molecule has 1 aliphatic carbocycles. The quantitative estimate of drug-likeness (QED) is 0.551. The summed E-state index contributed by atoms with van der Waals surface area (Å²) in [5.41, 5.74) is 3.98. The zero-order chi connectivity index (χ0) is 18.2. The van der Waals surface area contributed by atoms with Gasteiger partial charge in [-0.05, 0) is 68.3 Å². The van der Waals surface area contributed by atoms with Crippen molar-refractivity contribution < 1.29 is 4.39 Å². The third-order valence-electron chi connectivity index (χ3n) is 5.79. The molecule has 0 aliphatic heterocycles. The van der Waals surface area contributed by atoms with Crippen LogP contribution in [0.4, 0.5) is 4.39 Å². The van der Waals surface area contributed by atoms with E-state index in [9.17, 15) is 4.39 Å². The second kappa shape index (κ2) is 9.87. The third-order valence-corrected chi connectivity index (χ3v) is 5.79. The number of halogens is 1. The van der Waals surface area contributed by atoms with E-state index in [4.69, 9.17) is 0 Å². The molecule has 2 aromatic rings. The molecular formula is C24H32FN. The first-order chi connectivity index (χ1) is 12.8. The summed E-state index contributed by atoms with van der Waals surface area (Å²) in [4.78, 5) is 2.54. The van der Waals surface area contributed by atoms with E-state index in [1.165, 1.54) is 23.1 Å². The second-order valence-corrected chi connectivity index (χ2v) is 7.57. The smallest absolute Gasteiger partial charge is 0.107 e. The summed E-state index contributed by atoms with van der Waals surface area (Å²) < 4.78 is 13.9. The first kappa shape index (κ1) is 19.1. The lowest BCUT2D eigenvalue weighted by molar-refractivity contribution is 0.288. The number of aryl methyl sites for hydroxylation is 1. The van der Waals surface area contributed by atoms with Crippen molar-refractivity contribution in [2.45, 2.75) is 57.5 Å². The predicted octanol–water partition coefficient (Wildman–Crippen LogP) is 5.79. The Hall–Kier alpha value is -1.67. The third kappa shape index (κ3) is 5.41. The number of benzene rings is 2. The van der Waals surface area contributed by atoms with Crippen molar-refractivity contribution in [2.75, 3.05) is 19.6 Å². The van der Waals surface area contributed by atoms with Gasteiger partial charge >= 0.3 is 0 Å². The van der Waals surface area contributed by atoms with Gasteiger partial charge in [-0.1, -0.05) is 61.5 Å². The van der Waals surface area contributed by atoms with E-state index in [1.54, 1.807) is 0 Å². The Morgan fingerprint density at radius 2 is 1.62 bits per heavy atom. The van der Waals surface area contributed by atoms with E-state index in [0.29, 0.717) is 0 Å². The molecule has 0 aromatic heterocycles. The first-order valence-electron chi connectivity index (χ1n) is 10.3. The fourth-order valence-corrected chi connectivity index (χ4v) is 4.09. The van der Waals surface area contributed by atoms with Gasteiger partial charge in [0.15, 0.2) is 0 Å². The zero-order valence-corrected chi connectivity index (χ0v) is 16.0. The van der Waals surface area contributed by atoms with Crippen molar-refractivity contribution in [1.82, 2.24) is 4.90 Å². The molecule has 2 aromatic carbocycles. The molecular weight excluding hydrogens is 321 g/mol. The van der Waals surface area contributed by atoms with Crippen LogP contribution in [0.25, 0.3) is 0 Å². The molecule has 2 heteroatoms. The summed E-state index contributed by atoms with van der Waals surface area (Å²) in [5, 5.41) is 0. The normalized spacial score (nSPS) is 20.0. The predicted molar refractivity (Wildman–Crippen MR) is 109 cm³/mol. The van der Waals surface area contributed by atoms with Gasteiger partial charge in [-0.2, -0.15) is 0 Å². The lowest BCUT2D eigenvalue weighted by Gasteiger charge is -2.20. The van der Waals surface area contributed by atoms with Crippen LogP contribution in [0.1, 0.15) is 55.2 Å². The Morgan fingerprint density at radius 1 is 0.885 bits per heavy atom. The van der Waals surface area contributed by atoms with Gasteiger partial charge in [0.2, 0.25) is 0 Å². The van der Waals surface area contributed by atoms with Crippen LogP contribution in [0.3, 0.4) is 0 Å². The van der Waals surface area contributed by atoms with Crippen LogP contribution in [0.15, 0.2) is 54.6 Å². The minimum atomic E-state index is -0.636. The van der Waals surface area contributed by atoms with Gasteiger partial charge in [-0.15, -0.1) is 0 Å². The number of rotatable bonds is 9. The second-order valence-electron chi connectivity index (χ2n) is 7.57. The summed E-state index contributed by atoms with van der Waals surface area (Å²) in [6.07, 6.45) is 5.54. The van der Waals surface area contributed by atoms with Crippen molar-refractivity contribution in [1.29, 1.82) is 0 Å². The number of hydrogen-bond donors (Lipinski definition) is 0. The Balaban J connectivity index is 1.41. The maximum atomic E-state index is 13.9. The lowest BCUT2D eigenvalue weighted by Crippen LogP contribution is -2.27. The summed E-state index contributed by atoms with van der Waals surface area (Å²) in [6.45, 7) is 5.61. The molecule has 1 saturated carbocycles. The van der Waals surface area contributed by atoms with Crippen LogP contribution in [-0.4, -0.2) is 30.7 Å². The molecule has 0 radical (unpaired) electrons. The average molecular weight is 354 g/mol. The average Bonchev–Trinajstić information content (AvgIpc) is 3.12. The first-order valence-corrected chi connectivity index (χ1v) is 10.3. The fraction of sp³-hybridized carbons (Fsp3) is 0.500. The number of likely N-dealkylation sites (N-methyl/N-ethyl adjacent to an activating group) is 1. The summed E-state index contributed by atoms with van der Waals surface area (Å²) in [5.74, 6) is 0.137. The van der Waals surface area contributed by atoms with Gasteiger partial charge in [0.1, 0.15) is 6.17 Å². The summed E-state index contributed by atoms with van der Waals surface area (Å²) in [6, 6.07) is 19.5. The molecule has 2 unspecified atom stereocenters. The summed E-state index contributed by atoms with van der Waals surface area (Å²) >= 11 is 0. The van der Waals surface area contributed by atoms with Gasteiger partial charge in [-0.3, -0.25) is 0 Å². The van der Waals surface area contributed by atoms with Crippen LogP contribution in [0, 0.1) is 0 Å². The highest BCUT2D eigenvalue weighted by Gasteiger charge is 2.27. The molecule has 0 saturated heterocycles. The molecule has 0 amide bonds. The van der Waals surface area contributed by atoms with E-state index < -0.39 is 6.17 Å². The molecule has 0 bridgehead atoms. The maximum absolute atomic E-state index is 13.9. The van der Waals surface area contributed by atoms with Crippen LogP contribution in [0.5, 0.6) is 0 Å². The highest BCUT2D eigenvalue weighted by molar-refractivity contribution is 5.27. The Kier molecular flexibility index (Phi) is 7.25. The molecule has 140 valence electrons. The van der Waals surface area contributed by atoms with Crippen LogP contribution >= 0.6 is 0 Å². The highest BCUT2D eigenvalue weighted by atomic mass is 19.1. The Morgan fingerprint density at radius 3 is 2.27 bits per heavy atom. The fourth-order valence-electron chi connectivity index (χ4n) is 4.09. The van der Waals surface area contributed by atoms with E-state index in [0.717, 1.165) is 51.7 Å². The lowest BCUT2D eigenvalue weighted by atomic mass is 9.95. The maximum Gasteiger partial charge on any atom is 0.107 e. The van der Waals surface area contributed by atoms with Crippen LogP contribution in [0.2, 0.25) is 0 Å². The molecule has 3 rings (SSSR count). The van der Waals surface area contributed by atoms with Gasteiger partial charge in [0.05, 0.1) is 0 Å². The van der Waals surface area contributed by atoms with Crippen molar-refractivity contribution in [3.05, 3.63) is 71.3 Å². The van der Waals surface area contributed by atoms with Gasteiger partial charge in [0, 0.05) is 12.5 Å². The number of hydrogen-bond acceptors (Lipinski definition) is 1. The molecule has 0 N–H and O–H groups in total. The minimum Gasteiger partial charge on any atom is -0.303 e. The van der Waals surface area contributed by atoms with Crippen LogP contribution in [-0.2, 0) is 12.8 Å². The Labute approximate surface area is 158 Å². The molecule has 0 spiro atoms. The topological polar surface area (TPSA) is 3.24 Å². The van der Waals surface area contributed by atoms with Gasteiger partial charge in [-0.25, -0.2) is 4.39 Å². The van der Waals surface area contributed by atoms with Gasteiger partial charge < -0.3 is 4.90 Å². The number of alkyl halides is 1. The molecule has 1 aliphatic rings. The Bertz CT molecular complexity index is 637. The van der Waals surface area contributed by atoms with Crippen LogP contribution < -0.4 is 0 Å². The standard InChI is InChI=1S/C24H32FN/c1-2-26(19-17-20-8-4-3-5-9-20)18-7-10-21-13-15-22(16-14-21)23-11-6-12-24(23)25/h3-5,8-9,13-16,23-24H,2,6-7,10-12,17-19H2,1H3. The molecule has 2 atom stereocenters. The monoisotopic (exact) mass is 353 g/mol. The largest absolute Gasteiger partial charge is 0.303 e. The molecule has 0 heterocycles.